The molecular formula is C17H24O3. The Labute approximate surface area is 121 Å². The van der Waals surface area contributed by atoms with Gasteiger partial charge in [-0.15, -0.1) is 0 Å². The largest absolute Gasteiger partial charge is 0.466 e. The van der Waals surface area contributed by atoms with Crippen LogP contribution in [0, 0.1) is 0 Å². The van der Waals surface area contributed by atoms with Crippen molar-refractivity contribution in [3.05, 3.63) is 35.9 Å². The minimum atomic E-state index is -0.717. The van der Waals surface area contributed by atoms with Crippen molar-refractivity contribution in [3.63, 3.8) is 0 Å². The van der Waals surface area contributed by atoms with Gasteiger partial charge in [0.05, 0.1) is 18.1 Å². The van der Waals surface area contributed by atoms with E-state index in [-0.39, 0.29) is 11.9 Å². The fourth-order valence-electron chi connectivity index (χ4n) is 3.06. The number of benzene rings is 1. The number of carbonyl (C=O) groups excluding carboxylic acids is 1. The van der Waals surface area contributed by atoms with E-state index in [1.165, 1.54) is 6.42 Å². The molecule has 1 N–H and O–H groups in total. The number of aliphatic hydroxyl groups is 1. The van der Waals surface area contributed by atoms with Gasteiger partial charge in [0.15, 0.2) is 0 Å². The summed E-state index contributed by atoms with van der Waals surface area (Å²) in [7, 11) is 0. The lowest BCUT2D eigenvalue weighted by molar-refractivity contribution is -0.147. The van der Waals surface area contributed by atoms with Crippen LogP contribution in [-0.2, 0) is 9.53 Å². The summed E-state index contributed by atoms with van der Waals surface area (Å²) >= 11 is 0. The van der Waals surface area contributed by atoms with Gasteiger partial charge in [0, 0.05) is 0 Å². The molecule has 0 saturated heterocycles. The molecule has 0 heterocycles. The Morgan fingerprint density at radius 2 is 1.90 bits per heavy atom. The van der Waals surface area contributed by atoms with E-state index in [4.69, 9.17) is 4.74 Å². The Morgan fingerprint density at radius 3 is 2.50 bits per heavy atom. The highest BCUT2D eigenvalue weighted by Gasteiger charge is 2.36. The van der Waals surface area contributed by atoms with Crippen molar-refractivity contribution in [2.45, 2.75) is 57.0 Å². The minimum Gasteiger partial charge on any atom is -0.466 e. The van der Waals surface area contributed by atoms with Gasteiger partial charge in [-0.25, -0.2) is 0 Å². The fourth-order valence-corrected chi connectivity index (χ4v) is 3.06. The maximum atomic E-state index is 12.2. The molecule has 1 aromatic rings. The molecule has 0 spiro atoms. The number of esters is 1. The number of hydrogen-bond acceptors (Lipinski definition) is 3. The summed E-state index contributed by atoms with van der Waals surface area (Å²) in [6, 6.07) is 9.65. The van der Waals surface area contributed by atoms with E-state index in [0.717, 1.165) is 31.2 Å². The first-order valence-corrected chi connectivity index (χ1v) is 7.58. The lowest BCUT2D eigenvalue weighted by atomic mass is 9.77. The van der Waals surface area contributed by atoms with Crippen molar-refractivity contribution >= 4 is 5.97 Å². The van der Waals surface area contributed by atoms with Crippen LogP contribution < -0.4 is 0 Å². The van der Waals surface area contributed by atoms with E-state index < -0.39 is 5.60 Å². The number of rotatable bonds is 5. The van der Waals surface area contributed by atoms with E-state index in [1.807, 2.05) is 37.3 Å². The topological polar surface area (TPSA) is 46.5 Å². The van der Waals surface area contributed by atoms with E-state index in [9.17, 15) is 9.90 Å². The van der Waals surface area contributed by atoms with Crippen molar-refractivity contribution in [1.82, 2.24) is 0 Å². The second kappa shape index (κ2) is 6.89. The molecule has 110 valence electrons. The molecular weight excluding hydrogens is 252 g/mol. The van der Waals surface area contributed by atoms with Crippen LogP contribution in [0.25, 0.3) is 0 Å². The zero-order valence-corrected chi connectivity index (χ0v) is 12.2. The van der Waals surface area contributed by atoms with Crippen molar-refractivity contribution in [2.75, 3.05) is 6.61 Å². The van der Waals surface area contributed by atoms with Gasteiger partial charge in [0.1, 0.15) is 0 Å². The highest BCUT2D eigenvalue weighted by molar-refractivity contribution is 5.78. The van der Waals surface area contributed by atoms with Crippen molar-refractivity contribution in [1.29, 1.82) is 0 Å². The van der Waals surface area contributed by atoms with Crippen LogP contribution in [0.1, 0.15) is 56.9 Å². The lowest BCUT2D eigenvalue weighted by Crippen LogP contribution is -2.35. The average molecular weight is 276 g/mol. The molecule has 1 aliphatic carbocycles. The molecule has 3 nitrogen and oxygen atoms in total. The third-order valence-corrected chi connectivity index (χ3v) is 4.14. The summed E-state index contributed by atoms with van der Waals surface area (Å²) in [5, 5.41) is 10.7. The maximum absolute atomic E-state index is 12.2. The van der Waals surface area contributed by atoms with Gasteiger partial charge in [-0.1, -0.05) is 49.6 Å². The average Bonchev–Trinajstić information content (AvgIpc) is 2.47. The summed E-state index contributed by atoms with van der Waals surface area (Å²) in [5.74, 6) is -0.586. The number of carbonyl (C=O) groups is 1. The van der Waals surface area contributed by atoms with E-state index >= 15 is 0 Å². The lowest BCUT2D eigenvalue weighted by Gasteiger charge is -2.34. The second-order valence-electron chi connectivity index (χ2n) is 5.70. The predicted molar refractivity (Wildman–Crippen MR) is 78.5 cm³/mol. The summed E-state index contributed by atoms with van der Waals surface area (Å²) in [6.07, 6.45) is 5.31. The van der Waals surface area contributed by atoms with Crippen LogP contribution in [0.4, 0.5) is 0 Å². The number of ether oxygens (including phenoxy) is 1. The summed E-state index contributed by atoms with van der Waals surface area (Å²) in [4.78, 5) is 12.2. The van der Waals surface area contributed by atoms with E-state index in [1.54, 1.807) is 0 Å². The highest BCUT2D eigenvalue weighted by atomic mass is 16.5. The first-order chi connectivity index (χ1) is 9.64. The van der Waals surface area contributed by atoms with E-state index in [2.05, 4.69) is 0 Å². The first kappa shape index (κ1) is 15.0. The van der Waals surface area contributed by atoms with Gasteiger partial charge in [-0.3, -0.25) is 4.79 Å². The quantitative estimate of drug-likeness (QED) is 0.838. The molecule has 0 bridgehead atoms. The Morgan fingerprint density at radius 1 is 1.25 bits per heavy atom. The predicted octanol–water partition coefficient (Wildman–Crippen LogP) is 3.42. The van der Waals surface area contributed by atoms with Gasteiger partial charge in [0.2, 0.25) is 0 Å². The monoisotopic (exact) mass is 276 g/mol. The van der Waals surface area contributed by atoms with Crippen LogP contribution in [-0.4, -0.2) is 23.3 Å². The molecule has 20 heavy (non-hydrogen) atoms. The molecule has 2 rings (SSSR count). The summed E-state index contributed by atoms with van der Waals surface area (Å²) < 4.78 is 5.19. The zero-order valence-electron chi connectivity index (χ0n) is 12.2. The SMILES string of the molecule is CCOC(=O)C(CC1(O)CCCCC1)c1ccccc1. The smallest absolute Gasteiger partial charge is 0.313 e. The number of hydrogen-bond donors (Lipinski definition) is 1. The third-order valence-electron chi connectivity index (χ3n) is 4.14. The molecule has 0 amide bonds. The molecule has 1 fully saturated rings. The van der Waals surface area contributed by atoms with Crippen molar-refractivity contribution in [2.24, 2.45) is 0 Å². The standard InChI is InChI=1S/C17H24O3/c1-2-20-16(18)15(14-9-5-3-6-10-14)13-17(19)11-7-4-8-12-17/h3,5-6,9-10,15,19H,2,4,7-8,11-13H2,1H3. The van der Waals surface area contributed by atoms with Crippen molar-refractivity contribution in [3.8, 4) is 0 Å². The van der Waals surface area contributed by atoms with Gasteiger partial charge >= 0.3 is 5.97 Å². The van der Waals surface area contributed by atoms with Crippen LogP contribution >= 0.6 is 0 Å². The maximum Gasteiger partial charge on any atom is 0.313 e. The van der Waals surface area contributed by atoms with Crippen molar-refractivity contribution < 1.29 is 14.6 Å². The molecule has 1 unspecified atom stereocenters. The Hall–Kier alpha value is -1.35. The molecule has 1 aliphatic rings. The summed E-state index contributed by atoms with van der Waals surface area (Å²) in [6.45, 7) is 2.19. The second-order valence-corrected chi connectivity index (χ2v) is 5.70. The van der Waals surface area contributed by atoms with Crippen LogP contribution in [0.3, 0.4) is 0 Å². The van der Waals surface area contributed by atoms with Gasteiger partial charge in [0.25, 0.3) is 0 Å². The van der Waals surface area contributed by atoms with Gasteiger partial charge < -0.3 is 9.84 Å². The molecule has 1 aromatic carbocycles. The van der Waals surface area contributed by atoms with Gasteiger partial charge in [-0.2, -0.15) is 0 Å². The molecule has 0 aliphatic heterocycles. The molecule has 3 heteroatoms. The third kappa shape index (κ3) is 3.83. The Balaban J connectivity index is 2.16. The summed E-state index contributed by atoms with van der Waals surface area (Å²) in [5.41, 5.74) is 0.218. The Bertz CT molecular complexity index is 421. The fraction of sp³-hybridized carbons (Fsp3) is 0.588. The Kier molecular flexibility index (Phi) is 5.18. The minimum absolute atomic E-state index is 0.224. The highest BCUT2D eigenvalue weighted by Crippen LogP contribution is 2.37. The van der Waals surface area contributed by atoms with Crippen LogP contribution in [0.15, 0.2) is 30.3 Å². The zero-order chi connectivity index (χ0) is 14.4. The van der Waals surface area contributed by atoms with Crippen LogP contribution in [0.5, 0.6) is 0 Å². The van der Waals surface area contributed by atoms with Gasteiger partial charge in [-0.05, 0) is 31.7 Å². The van der Waals surface area contributed by atoms with Crippen LogP contribution in [0.2, 0.25) is 0 Å². The van der Waals surface area contributed by atoms with E-state index in [0.29, 0.717) is 13.0 Å². The first-order valence-electron chi connectivity index (χ1n) is 7.58. The molecule has 0 radical (unpaired) electrons. The molecule has 1 atom stereocenters. The molecule has 0 aromatic heterocycles. The normalized spacial score (nSPS) is 19.3. The molecule has 1 saturated carbocycles.